The molecule has 206 valence electrons. The first-order chi connectivity index (χ1) is 15.9. The second-order valence-electron chi connectivity index (χ2n) is 12.1. The molecule has 0 saturated heterocycles. The van der Waals surface area contributed by atoms with Crippen molar-refractivity contribution in [3.05, 3.63) is 18.2 Å². The van der Waals surface area contributed by atoms with Crippen LogP contribution >= 0.6 is 20.8 Å². The molecular weight excluding hydrogens is 543 g/mol. The van der Waals surface area contributed by atoms with Crippen LogP contribution in [0.15, 0.2) is 18.2 Å². The standard InChI is InChI=1S/C27H52BrO5PSi/c1-13-31-35(32-14-2,33-15-3)20-16-19-30-23-18-17-22(29)21-24(23)34(28,25(4,5)6,26(7,8)9)27(10,11)12/h17-18,21,29H,13-16,19-20H2,1-12H3. The van der Waals surface area contributed by atoms with Crippen molar-refractivity contribution in [1.29, 1.82) is 0 Å². The molecule has 1 aromatic carbocycles. The quantitative estimate of drug-likeness (QED) is 0.150. The average molecular weight is 596 g/mol. The van der Waals surface area contributed by atoms with Gasteiger partial charge in [-0.2, -0.15) is 0 Å². The number of phenolic OH excluding ortho intramolecular Hbond substituents is 1. The number of benzene rings is 1. The number of halogens is 1. The molecule has 0 radical (unpaired) electrons. The van der Waals surface area contributed by atoms with Crippen LogP contribution in [0.1, 0.15) is 89.5 Å². The van der Waals surface area contributed by atoms with Crippen molar-refractivity contribution in [2.45, 2.75) is 111 Å². The topological polar surface area (TPSA) is 57.2 Å². The van der Waals surface area contributed by atoms with E-state index in [4.69, 9.17) is 18.0 Å². The summed E-state index contributed by atoms with van der Waals surface area (Å²) in [4.78, 5) is 0. The molecule has 0 aliphatic heterocycles. The number of ether oxygens (including phenoxy) is 1. The van der Waals surface area contributed by atoms with Crippen LogP contribution in [0.3, 0.4) is 0 Å². The molecule has 0 bridgehead atoms. The monoisotopic (exact) mass is 594 g/mol. The summed E-state index contributed by atoms with van der Waals surface area (Å²) in [6.07, 6.45) is 0.755. The summed E-state index contributed by atoms with van der Waals surface area (Å²) >= 11 is 4.54. The predicted molar refractivity (Wildman–Crippen MR) is 158 cm³/mol. The Labute approximate surface area is 224 Å². The maximum absolute atomic E-state index is 10.7. The van der Waals surface area contributed by atoms with Gasteiger partial charge in [0.2, 0.25) is 0 Å². The molecule has 35 heavy (non-hydrogen) atoms. The molecule has 1 aromatic rings. The van der Waals surface area contributed by atoms with Crippen molar-refractivity contribution in [3.63, 3.8) is 0 Å². The van der Waals surface area contributed by atoms with E-state index in [1.54, 1.807) is 6.07 Å². The molecule has 1 rings (SSSR count). The molecule has 0 unspecified atom stereocenters. The first kappa shape index (κ1) is 32.9. The van der Waals surface area contributed by atoms with E-state index >= 15 is 0 Å². The van der Waals surface area contributed by atoms with Crippen molar-refractivity contribution in [2.75, 3.05) is 26.4 Å². The van der Waals surface area contributed by atoms with Crippen molar-refractivity contribution >= 4 is 34.9 Å². The Morgan fingerprint density at radius 1 is 0.800 bits per heavy atom. The fourth-order valence-corrected chi connectivity index (χ4v) is 19.1. The average Bonchev–Trinajstić information content (AvgIpc) is 2.69. The zero-order valence-corrected chi connectivity index (χ0v) is 27.9. The molecule has 0 aromatic heterocycles. The van der Waals surface area contributed by atoms with Crippen LogP contribution < -0.4 is 10.0 Å². The minimum absolute atomic E-state index is 0.116. The Kier molecular flexibility index (Phi) is 11.0. The normalized spacial score (nSPS) is 15.1. The Morgan fingerprint density at radius 2 is 1.23 bits per heavy atom. The molecule has 0 fully saturated rings. The van der Waals surface area contributed by atoms with E-state index < -0.39 is 14.1 Å². The van der Waals surface area contributed by atoms with Gasteiger partial charge in [0.25, 0.3) is 0 Å². The minimum atomic E-state index is -3.05. The van der Waals surface area contributed by atoms with Gasteiger partial charge in [0.05, 0.1) is 0 Å². The molecule has 0 aliphatic rings. The number of hydrogen-bond donors (Lipinski definition) is 1. The predicted octanol–water partition coefficient (Wildman–Crippen LogP) is 8.09. The van der Waals surface area contributed by atoms with Crippen molar-refractivity contribution < 1.29 is 23.1 Å². The van der Waals surface area contributed by atoms with Gasteiger partial charge in [-0.15, -0.1) is 0 Å². The van der Waals surface area contributed by atoms with Crippen LogP contribution in [0.4, 0.5) is 0 Å². The van der Waals surface area contributed by atoms with Crippen LogP contribution in [0.5, 0.6) is 11.5 Å². The summed E-state index contributed by atoms with van der Waals surface area (Å²) in [7, 11) is -2.72. The molecular formula is C27H52BrO5PSi. The van der Waals surface area contributed by atoms with E-state index in [2.05, 4.69) is 77.8 Å². The van der Waals surface area contributed by atoms with E-state index in [-0.39, 0.29) is 21.2 Å². The molecule has 0 spiro atoms. The zero-order valence-electron chi connectivity index (χ0n) is 24.4. The number of phenols is 1. The molecule has 0 aliphatic carbocycles. The third-order valence-corrected chi connectivity index (χ3v) is 29.8. The molecule has 0 amide bonds. The van der Waals surface area contributed by atoms with Crippen LogP contribution in [0.25, 0.3) is 0 Å². The van der Waals surface area contributed by atoms with Gasteiger partial charge in [0.1, 0.15) is 0 Å². The molecule has 8 heteroatoms. The second-order valence-corrected chi connectivity index (χ2v) is 25.6. The number of aromatic hydroxyl groups is 1. The fourth-order valence-electron chi connectivity index (χ4n) is 6.53. The van der Waals surface area contributed by atoms with Gasteiger partial charge < -0.3 is 0 Å². The number of rotatable bonds is 12. The first-order valence-corrected chi connectivity index (χ1v) is 19.2. The van der Waals surface area contributed by atoms with Gasteiger partial charge in [0.15, 0.2) is 0 Å². The molecule has 0 atom stereocenters. The zero-order chi connectivity index (χ0) is 27.4. The van der Waals surface area contributed by atoms with E-state index in [1.807, 2.05) is 32.9 Å². The summed E-state index contributed by atoms with van der Waals surface area (Å²) < 4.78 is 24.6. The van der Waals surface area contributed by atoms with Gasteiger partial charge in [0, 0.05) is 0 Å². The third-order valence-electron chi connectivity index (χ3n) is 7.15. The molecule has 1 N–H and O–H groups in total. The summed E-state index contributed by atoms with van der Waals surface area (Å²) in [5.74, 6) is 1.09. The summed E-state index contributed by atoms with van der Waals surface area (Å²) in [5.41, 5.74) is 0. The van der Waals surface area contributed by atoms with E-state index in [1.165, 1.54) is 0 Å². The van der Waals surface area contributed by atoms with Crippen LogP contribution in [-0.4, -0.2) is 55.8 Å². The third kappa shape index (κ3) is 5.81. The van der Waals surface area contributed by atoms with Crippen molar-refractivity contribution in [2.24, 2.45) is 0 Å². The second kappa shape index (κ2) is 11.7. The molecule has 5 nitrogen and oxygen atoms in total. The van der Waals surface area contributed by atoms with E-state index in [0.717, 1.165) is 17.5 Å². The Bertz CT molecular complexity index is 771. The van der Waals surface area contributed by atoms with E-state index in [0.29, 0.717) is 32.5 Å². The van der Waals surface area contributed by atoms with Crippen LogP contribution in [-0.2, 0) is 13.3 Å². The van der Waals surface area contributed by atoms with Crippen molar-refractivity contribution in [1.82, 2.24) is 0 Å². The molecule has 0 heterocycles. The van der Waals surface area contributed by atoms with E-state index in [9.17, 15) is 5.11 Å². The SMILES string of the molecule is CCO[Si](CCCOc1ccc(O)cc1P(Br)(C(C)(C)C)(C(C)(C)C)C(C)(C)C)(OCC)OCC. The summed E-state index contributed by atoms with van der Waals surface area (Å²) in [6.45, 7) is 29.0. The molecule has 0 saturated carbocycles. The van der Waals surface area contributed by atoms with Gasteiger partial charge in [-0.3, -0.25) is 0 Å². The Hall–Kier alpha value is -0.173. The fraction of sp³-hybridized carbons (Fsp3) is 0.778. The Morgan fingerprint density at radius 3 is 1.60 bits per heavy atom. The number of hydrogen-bond acceptors (Lipinski definition) is 5. The van der Waals surface area contributed by atoms with Gasteiger partial charge in [-0.05, 0) is 0 Å². The van der Waals surface area contributed by atoms with Crippen molar-refractivity contribution in [3.8, 4) is 11.5 Å². The van der Waals surface area contributed by atoms with Crippen LogP contribution in [0.2, 0.25) is 6.04 Å². The summed E-state index contributed by atoms with van der Waals surface area (Å²) in [5, 5.41) is 8.36. The summed E-state index contributed by atoms with van der Waals surface area (Å²) in [6, 6.07) is 6.28. The first-order valence-electron chi connectivity index (χ1n) is 13.0. The van der Waals surface area contributed by atoms with Gasteiger partial charge in [-0.25, -0.2) is 0 Å². The van der Waals surface area contributed by atoms with Crippen LogP contribution in [0, 0.1) is 0 Å². The Balaban J connectivity index is 3.51. The van der Waals surface area contributed by atoms with Gasteiger partial charge in [-0.1, -0.05) is 0 Å². The maximum atomic E-state index is 10.7. The van der Waals surface area contributed by atoms with Gasteiger partial charge >= 0.3 is 225 Å².